The molecule has 2 aromatic rings. The summed E-state index contributed by atoms with van der Waals surface area (Å²) in [4.78, 5) is 19.2. The standard InChI is InChI=1S/C17H17N3OS/c1-17(15(21)18-16(19-17)22-2)20(13-9-5-3-6-10-13)14-11-7-4-8-12-14/h3-12H,1-2H3,(H,18,19,21). The number of nitrogens with one attached hydrogen (secondary N) is 1. The second kappa shape index (κ2) is 5.85. The van der Waals surface area contributed by atoms with E-state index in [1.807, 2.05) is 78.7 Å². The van der Waals surface area contributed by atoms with Gasteiger partial charge in [-0.05, 0) is 37.4 Å². The van der Waals surface area contributed by atoms with Crippen LogP contribution in [0.5, 0.6) is 0 Å². The number of carbonyl (C=O) groups is 1. The Hall–Kier alpha value is -2.27. The minimum Gasteiger partial charge on any atom is -0.309 e. The van der Waals surface area contributed by atoms with E-state index in [1.165, 1.54) is 11.8 Å². The van der Waals surface area contributed by atoms with Crippen LogP contribution in [0.4, 0.5) is 11.4 Å². The SMILES string of the molecule is CSC1=NC(C)(N(c2ccccc2)c2ccccc2)C(=O)N1. The molecule has 0 saturated carbocycles. The lowest BCUT2D eigenvalue weighted by Crippen LogP contribution is -2.49. The van der Waals surface area contributed by atoms with Gasteiger partial charge in [-0.3, -0.25) is 4.79 Å². The van der Waals surface area contributed by atoms with E-state index in [1.54, 1.807) is 0 Å². The molecule has 22 heavy (non-hydrogen) atoms. The van der Waals surface area contributed by atoms with Crippen LogP contribution in [0.25, 0.3) is 0 Å². The van der Waals surface area contributed by atoms with Crippen molar-refractivity contribution in [1.82, 2.24) is 5.32 Å². The van der Waals surface area contributed by atoms with Crippen molar-refractivity contribution in [3.05, 3.63) is 60.7 Å². The Bertz CT molecular complexity index is 663. The maximum atomic E-state index is 12.6. The maximum absolute atomic E-state index is 12.6. The number of anilines is 2. The molecule has 0 bridgehead atoms. The first-order chi connectivity index (χ1) is 10.6. The van der Waals surface area contributed by atoms with Crippen LogP contribution in [0.1, 0.15) is 6.92 Å². The number of aliphatic imine (C=N–C) groups is 1. The molecule has 1 N–H and O–H groups in total. The van der Waals surface area contributed by atoms with Gasteiger partial charge in [-0.15, -0.1) is 0 Å². The number of nitrogens with zero attached hydrogens (tertiary/aromatic N) is 2. The monoisotopic (exact) mass is 311 g/mol. The lowest BCUT2D eigenvalue weighted by molar-refractivity contribution is -0.122. The molecule has 0 saturated heterocycles. The highest BCUT2D eigenvalue weighted by atomic mass is 32.2. The predicted molar refractivity (Wildman–Crippen MR) is 92.5 cm³/mol. The van der Waals surface area contributed by atoms with E-state index in [4.69, 9.17) is 0 Å². The second-order valence-corrected chi connectivity index (χ2v) is 5.90. The molecule has 2 aromatic carbocycles. The van der Waals surface area contributed by atoms with Crippen LogP contribution in [-0.4, -0.2) is 23.0 Å². The van der Waals surface area contributed by atoms with Gasteiger partial charge in [0.15, 0.2) is 5.17 Å². The highest BCUT2D eigenvalue weighted by Gasteiger charge is 2.45. The molecule has 1 heterocycles. The lowest BCUT2D eigenvalue weighted by Gasteiger charge is -2.35. The molecular weight excluding hydrogens is 294 g/mol. The van der Waals surface area contributed by atoms with E-state index in [2.05, 4.69) is 10.3 Å². The van der Waals surface area contributed by atoms with Gasteiger partial charge in [-0.1, -0.05) is 48.2 Å². The van der Waals surface area contributed by atoms with Crippen LogP contribution in [0, 0.1) is 0 Å². The van der Waals surface area contributed by atoms with Crippen molar-refractivity contribution < 1.29 is 4.79 Å². The maximum Gasteiger partial charge on any atom is 0.274 e. The Balaban J connectivity index is 2.15. The molecule has 1 unspecified atom stereocenters. The van der Waals surface area contributed by atoms with Crippen molar-refractivity contribution in [1.29, 1.82) is 0 Å². The summed E-state index contributed by atoms with van der Waals surface area (Å²) in [6.07, 6.45) is 1.90. The molecule has 0 fully saturated rings. The predicted octanol–water partition coefficient (Wildman–Crippen LogP) is 3.39. The van der Waals surface area contributed by atoms with Crippen molar-refractivity contribution in [2.75, 3.05) is 11.2 Å². The van der Waals surface area contributed by atoms with Crippen molar-refractivity contribution in [2.24, 2.45) is 4.99 Å². The van der Waals surface area contributed by atoms with Crippen molar-refractivity contribution in [3.63, 3.8) is 0 Å². The van der Waals surface area contributed by atoms with Gasteiger partial charge in [0, 0.05) is 11.4 Å². The fraction of sp³-hybridized carbons (Fsp3) is 0.176. The highest BCUT2D eigenvalue weighted by molar-refractivity contribution is 8.13. The summed E-state index contributed by atoms with van der Waals surface area (Å²) in [7, 11) is 0. The zero-order valence-electron chi connectivity index (χ0n) is 12.5. The average Bonchev–Trinajstić information content (AvgIpc) is 2.85. The number of amidine groups is 1. The molecule has 3 rings (SSSR count). The Morgan fingerprint density at radius 2 is 1.50 bits per heavy atom. The molecule has 0 spiro atoms. The largest absolute Gasteiger partial charge is 0.309 e. The van der Waals surface area contributed by atoms with Gasteiger partial charge in [-0.2, -0.15) is 0 Å². The molecule has 1 amide bonds. The van der Waals surface area contributed by atoms with E-state index in [0.717, 1.165) is 11.4 Å². The van der Waals surface area contributed by atoms with Crippen LogP contribution >= 0.6 is 11.8 Å². The number of amides is 1. The first kappa shape index (κ1) is 14.7. The molecule has 5 heteroatoms. The Morgan fingerprint density at radius 1 is 1.00 bits per heavy atom. The highest BCUT2D eigenvalue weighted by Crippen LogP contribution is 2.36. The summed E-state index contributed by atoms with van der Waals surface area (Å²) in [5, 5.41) is 3.49. The minimum absolute atomic E-state index is 0.121. The normalized spacial score (nSPS) is 20.5. The molecular formula is C17H17N3OS. The second-order valence-electron chi connectivity index (χ2n) is 5.10. The van der Waals surface area contributed by atoms with Gasteiger partial charge in [0.2, 0.25) is 5.66 Å². The first-order valence-electron chi connectivity index (χ1n) is 7.01. The molecule has 0 aliphatic carbocycles. The topological polar surface area (TPSA) is 44.7 Å². The smallest absolute Gasteiger partial charge is 0.274 e. The molecule has 0 aromatic heterocycles. The molecule has 1 aliphatic rings. The zero-order chi connectivity index (χ0) is 15.6. The number of thioether (sulfide) groups is 1. The molecule has 1 aliphatic heterocycles. The molecule has 112 valence electrons. The summed E-state index contributed by atoms with van der Waals surface area (Å²) >= 11 is 1.44. The third kappa shape index (κ3) is 2.48. The summed E-state index contributed by atoms with van der Waals surface area (Å²) < 4.78 is 0. The van der Waals surface area contributed by atoms with Crippen LogP contribution in [-0.2, 0) is 4.79 Å². The first-order valence-corrected chi connectivity index (χ1v) is 8.23. The summed E-state index contributed by atoms with van der Waals surface area (Å²) in [6.45, 7) is 1.84. The Kier molecular flexibility index (Phi) is 3.90. The van der Waals surface area contributed by atoms with Crippen LogP contribution in [0.15, 0.2) is 65.7 Å². The van der Waals surface area contributed by atoms with Crippen molar-refractivity contribution in [3.8, 4) is 0 Å². The van der Waals surface area contributed by atoms with Crippen molar-refractivity contribution >= 4 is 34.2 Å². The number of benzene rings is 2. The van der Waals surface area contributed by atoms with E-state index >= 15 is 0 Å². The summed E-state index contributed by atoms with van der Waals surface area (Å²) in [5.41, 5.74) is 0.857. The number of hydrogen-bond donors (Lipinski definition) is 1. The number of hydrogen-bond acceptors (Lipinski definition) is 4. The zero-order valence-corrected chi connectivity index (χ0v) is 13.3. The number of para-hydroxylation sites is 2. The molecule has 1 atom stereocenters. The van der Waals surface area contributed by atoms with Gasteiger partial charge in [-0.25, -0.2) is 4.99 Å². The van der Waals surface area contributed by atoms with Crippen LogP contribution in [0.3, 0.4) is 0 Å². The molecule has 0 radical (unpaired) electrons. The molecule has 4 nitrogen and oxygen atoms in total. The number of rotatable bonds is 3. The summed E-state index contributed by atoms with van der Waals surface area (Å²) in [5.74, 6) is -0.121. The van der Waals surface area contributed by atoms with E-state index in [9.17, 15) is 4.79 Å². The van der Waals surface area contributed by atoms with Gasteiger partial charge in [0.25, 0.3) is 5.91 Å². The van der Waals surface area contributed by atoms with Gasteiger partial charge < -0.3 is 10.2 Å². The quantitative estimate of drug-likeness (QED) is 0.945. The van der Waals surface area contributed by atoms with Gasteiger partial charge in [0.05, 0.1) is 0 Å². The van der Waals surface area contributed by atoms with E-state index in [0.29, 0.717) is 5.17 Å². The van der Waals surface area contributed by atoms with E-state index < -0.39 is 5.66 Å². The number of carbonyl (C=O) groups excluding carboxylic acids is 1. The van der Waals surface area contributed by atoms with Crippen molar-refractivity contribution in [2.45, 2.75) is 12.6 Å². The minimum atomic E-state index is -0.999. The summed E-state index contributed by atoms with van der Waals surface area (Å²) in [6, 6.07) is 19.7. The third-order valence-electron chi connectivity index (χ3n) is 3.63. The fourth-order valence-electron chi connectivity index (χ4n) is 2.55. The van der Waals surface area contributed by atoms with Gasteiger partial charge >= 0.3 is 0 Å². The Labute approximate surface area is 134 Å². The van der Waals surface area contributed by atoms with Gasteiger partial charge in [0.1, 0.15) is 0 Å². The van der Waals surface area contributed by atoms with E-state index in [-0.39, 0.29) is 5.91 Å². The average molecular weight is 311 g/mol. The third-order valence-corrected chi connectivity index (χ3v) is 4.21. The van der Waals surface area contributed by atoms with Crippen LogP contribution < -0.4 is 10.2 Å². The van der Waals surface area contributed by atoms with Crippen LogP contribution in [0.2, 0.25) is 0 Å². The lowest BCUT2D eigenvalue weighted by atomic mass is 10.1. The Morgan fingerprint density at radius 3 is 1.91 bits per heavy atom. The fourth-order valence-corrected chi connectivity index (χ4v) is 3.01.